The molecule has 0 saturated heterocycles. The summed E-state index contributed by atoms with van der Waals surface area (Å²) in [7, 11) is 0. The van der Waals surface area contributed by atoms with Crippen LogP contribution in [0.1, 0.15) is 5.56 Å². The first-order chi connectivity index (χ1) is 6.72. The van der Waals surface area contributed by atoms with Crippen molar-refractivity contribution in [3.05, 3.63) is 29.8 Å². The molecule has 0 aliphatic rings. The van der Waals surface area contributed by atoms with E-state index in [0.29, 0.717) is 5.56 Å². The molecule has 1 aromatic rings. The van der Waals surface area contributed by atoms with E-state index in [1.807, 2.05) is 5.43 Å². The number of urea groups is 1. The van der Waals surface area contributed by atoms with Crippen LogP contribution < -0.4 is 10.9 Å². The Bertz CT molecular complexity index is 334. The van der Waals surface area contributed by atoms with E-state index in [2.05, 4.69) is 5.10 Å². The van der Waals surface area contributed by atoms with E-state index >= 15 is 0 Å². The summed E-state index contributed by atoms with van der Waals surface area (Å²) in [5.74, 6) is 0.156. The SMILES string of the molecule is O=C(NO)N/N=C/c1ccc(O)cc1. The minimum Gasteiger partial charge on any atom is -0.508 e. The highest BCUT2D eigenvalue weighted by molar-refractivity contribution is 5.81. The van der Waals surface area contributed by atoms with E-state index in [9.17, 15) is 4.79 Å². The van der Waals surface area contributed by atoms with E-state index in [1.165, 1.54) is 23.8 Å². The van der Waals surface area contributed by atoms with Crippen LogP contribution in [-0.2, 0) is 0 Å². The second-order valence-electron chi connectivity index (χ2n) is 2.40. The summed E-state index contributed by atoms with van der Waals surface area (Å²) in [5.41, 5.74) is 4.07. The van der Waals surface area contributed by atoms with Gasteiger partial charge in [0.2, 0.25) is 0 Å². The van der Waals surface area contributed by atoms with E-state index in [4.69, 9.17) is 10.3 Å². The number of nitrogens with one attached hydrogen (secondary N) is 2. The van der Waals surface area contributed by atoms with Crippen molar-refractivity contribution in [2.24, 2.45) is 5.10 Å². The largest absolute Gasteiger partial charge is 0.508 e. The van der Waals surface area contributed by atoms with Gasteiger partial charge in [-0.15, -0.1) is 0 Å². The van der Waals surface area contributed by atoms with Gasteiger partial charge in [0.15, 0.2) is 0 Å². The van der Waals surface area contributed by atoms with E-state index in [0.717, 1.165) is 0 Å². The maximum Gasteiger partial charge on any atom is 0.358 e. The summed E-state index contributed by atoms with van der Waals surface area (Å²) in [5, 5.41) is 20.6. The first-order valence-corrected chi connectivity index (χ1v) is 3.74. The molecule has 6 heteroatoms. The Hall–Kier alpha value is -2.08. The zero-order valence-corrected chi connectivity index (χ0v) is 7.14. The van der Waals surface area contributed by atoms with Gasteiger partial charge in [-0.05, 0) is 29.8 Å². The van der Waals surface area contributed by atoms with Crippen LogP contribution >= 0.6 is 0 Å². The molecule has 6 nitrogen and oxygen atoms in total. The van der Waals surface area contributed by atoms with Gasteiger partial charge < -0.3 is 5.11 Å². The van der Waals surface area contributed by atoms with Gasteiger partial charge in [-0.2, -0.15) is 5.10 Å². The number of rotatable bonds is 2. The quantitative estimate of drug-likeness (QED) is 0.313. The first kappa shape index (κ1) is 10.0. The molecule has 14 heavy (non-hydrogen) atoms. The Kier molecular flexibility index (Phi) is 3.45. The smallest absolute Gasteiger partial charge is 0.358 e. The Morgan fingerprint density at radius 2 is 2.00 bits per heavy atom. The predicted molar refractivity (Wildman–Crippen MR) is 49.2 cm³/mol. The standard InChI is InChI=1S/C8H9N3O3/c12-7-3-1-6(2-4-7)5-9-10-8(13)11-14/h1-5,12,14H,(H2,10,11,13)/b9-5+. The molecular formula is C8H9N3O3. The van der Waals surface area contributed by atoms with Crippen LogP contribution in [0.4, 0.5) is 4.79 Å². The van der Waals surface area contributed by atoms with Crippen LogP contribution in [0, 0.1) is 0 Å². The topological polar surface area (TPSA) is 94.0 Å². The fourth-order valence-corrected chi connectivity index (χ4v) is 0.751. The number of hydrazone groups is 1. The van der Waals surface area contributed by atoms with Crippen molar-refractivity contribution in [1.29, 1.82) is 0 Å². The number of phenols is 1. The lowest BCUT2D eigenvalue weighted by atomic mass is 10.2. The molecule has 0 bridgehead atoms. The lowest BCUT2D eigenvalue weighted by Gasteiger charge is -1.95. The molecule has 0 atom stereocenters. The number of phenolic OH excluding ortho intramolecular Hbond substituents is 1. The molecular weight excluding hydrogens is 186 g/mol. The highest BCUT2D eigenvalue weighted by Crippen LogP contribution is 2.07. The van der Waals surface area contributed by atoms with Gasteiger partial charge in [0, 0.05) is 0 Å². The molecule has 0 saturated carbocycles. The Labute approximate surface area is 79.8 Å². The van der Waals surface area contributed by atoms with Crippen LogP contribution in [0.15, 0.2) is 29.4 Å². The van der Waals surface area contributed by atoms with Crippen molar-refractivity contribution in [2.75, 3.05) is 0 Å². The number of hydrogen-bond donors (Lipinski definition) is 4. The minimum absolute atomic E-state index is 0.156. The van der Waals surface area contributed by atoms with E-state index in [-0.39, 0.29) is 5.75 Å². The van der Waals surface area contributed by atoms with Crippen molar-refractivity contribution >= 4 is 12.2 Å². The molecule has 0 spiro atoms. The maximum atomic E-state index is 10.4. The van der Waals surface area contributed by atoms with E-state index in [1.54, 1.807) is 12.1 Å². The van der Waals surface area contributed by atoms with Gasteiger partial charge >= 0.3 is 6.03 Å². The average Bonchev–Trinajstić information content (AvgIpc) is 2.21. The van der Waals surface area contributed by atoms with Crippen LogP contribution in [0.2, 0.25) is 0 Å². The fourth-order valence-electron chi connectivity index (χ4n) is 0.751. The molecule has 1 aromatic carbocycles. The molecule has 0 aliphatic carbocycles. The Morgan fingerprint density at radius 3 is 2.57 bits per heavy atom. The summed E-state index contributed by atoms with van der Waals surface area (Å²) in [6.45, 7) is 0. The number of hydrogen-bond acceptors (Lipinski definition) is 4. The summed E-state index contributed by atoms with van der Waals surface area (Å²) < 4.78 is 0. The number of carbonyl (C=O) groups excluding carboxylic acids is 1. The van der Waals surface area contributed by atoms with Gasteiger partial charge in [0.25, 0.3) is 0 Å². The summed E-state index contributed by atoms with van der Waals surface area (Å²) in [6.07, 6.45) is 1.37. The van der Waals surface area contributed by atoms with Crippen LogP contribution in [0.3, 0.4) is 0 Å². The second-order valence-corrected chi connectivity index (χ2v) is 2.40. The summed E-state index contributed by atoms with van der Waals surface area (Å²) in [6, 6.07) is 5.41. The summed E-state index contributed by atoms with van der Waals surface area (Å²) in [4.78, 5) is 10.4. The van der Waals surface area contributed by atoms with Gasteiger partial charge in [0.05, 0.1) is 6.21 Å². The molecule has 0 unspecified atom stereocenters. The molecule has 1 rings (SSSR count). The van der Waals surface area contributed by atoms with Crippen molar-refractivity contribution in [3.63, 3.8) is 0 Å². The van der Waals surface area contributed by atoms with Gasteiger partial charge in [-0.25, -0.2) is 15.7 Å². The molecule has 0 heterocycles. The molecule has 74 valence electrons. The average molecular weight is 195 g/mol. The maximum absolute atomic E-state index is 10.4. The normalized spacial score (nSPS) is 10.1. The molecule has 0 aliphatic heterocycles. The highest BCUT2D eigenvalue weighted by atomic mass is 16.5. The molecule has 2 amide bonds. The van der Waals surface area contributed by atoms with E-state index < -0.39 is 6.03 Å². The van der Waals surface area contributed by atoms with Gasteiger partial charge in [-0.1, -0.05) is 0 Å². The van der Waals surface area contributed by atoms with Gasteiger partial charge in [0.1, 0.15) is 5.75 Å². The third-order valence-corrected chi connectivity index (χ3v) is 1.37. The van der Waals surface area contributed by atoms with Crippen molar-refractivity contribution < 1.29 is 15.1 Å². The highest BCUT2D eigenvalue weighted by Gasteiger charge is 1.92. The number of amides is 2. The first-order valence-electron chi connectivity index (χ1n) is 3.74. The Morgan fingerprint density at radius 1 is 1.36 bits per heavy atom. The molecule has 4 N–H and O–H groups in total. The van der Waals surface area contributed by atoms with Crippen molar-refractivity contribution in [2.45, 2.75) is 0 Å². The third kappa shape index (κ3) is 3.11. The zero-order valence-electron chi connectivity index (χ0n) is 7.14. The van der Waals surface area contributed by atoms with Gasteiger partial charge in [-0.3, -0.25) is 5.21 Å². The number of carbonyl (C=O) groups is 1. The second kappa shape index (κ2) is 4.83. The van der Waals surface area contributed by atoms with Crippen LogP contribution in [0.25, 0.3) is 0 Å². The minimum atomic E-state index is -0.819. The predicted octanol–water partition coefficient (Wildman–Crippen LogP) is 0.415. The number of benzene rings is 1. The summed E-state index contributed by atoms with van der Waals surface area (Å²) >= 11 is 0. The van der Waals surface area contributed by atoms with Crippen LogP contribution in [0.5, 0.6) is 5.75 Å². The number of nitrogens with zero attached hydrogens (tertiary/aromatic N) is 1. The Balaban J connectivity index is 2.52. The third-order valence-electron chi connectivity index (χ3n) is 1.37. The fraction of sp³-hybridized carbons (Fsp3) is 0. The molecule has 0 fully saturated rings. The van der Waals surface area contributed by atoms with Crippen molar-refractivity contribution in [3.8, 4) is 5.75 Å². The lowest BCUT2D eigenvalue weighted by molar-refractivity contribution is 0.162. The lowest BCUT2D eigenvalue weighted by Crippen LogP contribution is -2.29. The monoisotopic (exact) mass is 195 g/mol. The number of aromatic hydroxyl groups is 1. The molecule has 0 aromatic heterocycles. The van der Waals surface area contributed by atoms with Crippen molar-refractivity contribution in [1.82, 2.24) is 10.9 Å². The molecule has 0 radical (unpaired) electrons. The zero-order chi connectivity index (χ0) is 10.4. The number of hydroxylamine groups is 1. The van der Waals surface area contributed by atoms with Crippen LogP contribution in [-0.4, -0.2) is 22.6 Å².